The zero-order chi connectivity index (χ0) is 13.0. The summed E-state index contributed by atoms with van der Waals surface area (Å²) in [6.45, 7) is 1.08. The molecule has 100 valence electrons. The number of hydrogen-bond donors (Lipinski definition) is 0. The molecule has 1 fully saturated rings. The van der Waals surface area contributed by atoms with Crippen LogP contribution in [0.4, 0.5) is 5.82 Å². The quantitative estimate of drug-likeness (QED) is 0.758. The van der Waals surface area contributed by atoms with Gasteiger partial charge < -0.3 is 4.90 Å². The summed E-state index contributed by atoms with van der Waals surface area (Å²) in [6, 6.07) is 3.86. The second-order valence-corrected chi connectivity index (χ2v) is 5.79. The number of pyridine rings is 1. The average Bonchev–Trinajstić information content (AvgIpc) is 2.40. The largest absolute Gasteiger partial charge is 0.359 e. The van der Waals surface area contributed by atoms with E-state index < -0.39 is 0 Å². The topological polar surface area (TPSA) is 16.1 Å². The van der Waals surface area contributed by atoms with E-state index in [1.807, 2.05) is 12.1 Å². The number of nitrogens with zero attached hydrogens (tertiary/aromatic N) is 2. The molecule has 1 aliphatic rings. The predicted octanol–water partition coefficient (Wildman–Crippen LogP) is 4.49. The van der Waals surface area contributed by atoms with Crippen molar-refractivity contribution in [1.82, 2.24) is 4.98 Å². The maximum Gasteiger partial charge on any atom is 0.128 e. The van der Waals surface area contributed by atoms with Crippen molar-refractivity contribution in [2.45, 2.75) is 38.0 Å². The molecule has 1 saturated carbocycles. The van der Waals surface area contributed by atoms with Crippen LogP contribution in [0.1, 0.15) is 37.8 Å². The fraction of sp³-hybridized carbons (Fsp3) is 0.643. The molecule has 1 aliphatic carbocycles. The van der Waals surface area contributed by atoms with E-state index in [1.54, 1.807) is 0 Å². The first-order valence-corrected chi connectivity index (χ1v) is 7.54. The minimum atomic E-state index is 0.365. The first-order chi connectivity index (χ1) is 8.70. The molecule has 18 heavy (non-hydrogen) atoms. The molecule has 0 atom stereocenters. The number of anilines is 1. The second kappa shape index (κ2) is 6.63. The lowest BCUT2D eigenvalue weighted by Gasteiger charge is -2.28. The van der Waals surface area contributed by atoms with Crippen LogP contribution in [0.15, 0.2) is 12.1 Å². The summed E-state index contributed by atoms with van der Waals surface area (Å²) in [6.07, 6.45) is 6.84. The monoisotopic (exact) mass is 286 g/mol. The summed E-state index contributed by atoms with van der Waals surface area (Å²) >= 11 is 11.9. The van der Waals surface area contributed by atoms with Crippen molar-refractivity contribution in [3.05, 3.63) is 22.8 Å². The van der Waals surface area contributed by atoms with Crippen molar-refractivity contribution in [1.29, 1.82) is 0 Å². The van der Waals surface area contributed by atoms with Gasteiger partial charge >= 0.3 is 0 Å². The van der Waals surface area contributed by atoms with E-state index in [1.165, 1.54) is 32.1 Å². The summed E-state index contributed by atoms with van der Waals surface area (Å²) in [5.74, 6) is 2.14. The minimum Gasteiger partial charge on any atom is -0.359 e. The third-order valence-electron chi connectivity index (χ3n) is 3.68. The average molecular weight is 287 g/mol. The fourth-order valence-corrected chi connectivity index (χ4v) is 3.07. The number of alkyl halides is 1. The molecule has 0 radical (unpaired) electrons. The van der Waals surface area contributed by atoms with Gasteiger partial charge in [-0.1, -0.05) is 30.9 Å². The van der Waals surface area contributed by atoms with Gasteiger partial charge in [-0.25, -0.2) is 4.98 Å². The van der Waals surface area contributed by atoms with Crippen molar-refractivity contribution < 1.29 is 0 Å². The third-order valence-corrected chi connectivity index (χ3v) is 4.28. The highest BCUT2D eigenvalue weighted by Gasteiger charge is 2.16. The van der Waals surface area contributed by atoms with Gasteiger partial charge in [-0.3, -0.25) is 0 Å². The number of halogens is 2. The van der Waals surface area contributed by atoms with Crippen LogP contribution in [-0.2, 0) is 5.88 Å². The zero-order valence-electron chi connectivity index (χ0n) is 10.8. The second-order valence-electron chi connectivity index (χ2n) is 5.12. The van der Waals surface area contributed by atoms with E-state index in [9.17, 15) is 0 Å². The molecular weight excluding hydrogens is 267 g/mol. The molecule has 0 N–H and O–H groups in total. The van der Waals surface area contributed by atoms with Crippen LogP contribution in [0.2, 0.25) is 5.02 Å². The number of hydrogen-bond acceptors (Lipinski definition) is 2. The van der Waals surface area contributed by atoms with Gasteiger partial charge in [0.25, 0.3) is 0 Å². The molecule has 1 aromatic rings. The Morgan fingerprint density at radius 3 is 2.67 bits per heavy atom. The number of aromatic nitrogens is 1. The van der Waals surface area contributed by atoms with Crippen LogP contribution < -0.4 is 4.90 Å². The van der Waals surface area contributed by atoms with Crippen molar-refractivity contribution in [3.63, 3.8) is 0 Å². The van der Waals surface area contributed by atoms with Crippen molar-refractivity contribution in [2.75, 3.05) is 18.5 Å². The molecule has 2 rings (SSSR count). The van der Waals surface area contributed by atoms with Crippen LogP contribution in [0.3, 0.4) is 0 Å². The Bertz CT molecular complexity index is 389. The van der Waals surface area contributed by atoms with Gasteiger partial charge in [-0.2, -0.15) is 0 Å². The van der Waals surface area contributed by atoms with E-state index in [0.717, 1.165) is 24.0 Å². The molecule has 4 heteroatoms. The molecule has 2 nitrogen and oxygen atoms in total. The van der Waals surface area contributed by atoms with Gasteiger partial charge in [0, 0.05) is 13.6 Å². The molecular formula is C14H20Cl2N2. The normalized spacial score (nSPS) is 16.8. The fourth-order valence-electron chi connectivity index (χ4n) is 2.63. The Morgan fingerprint density at radius 2 is 2.00 bits per heavy atom. The summed E-state index contributed by atoms with van der Waals surface area (Å²) in [4.78, 5) is 6.74. The van der Waals surface area contributed by atoms with Gasteiger partial charge in [0.05, 0.1) is 16.6 Å². The zero-order valence-corrected chi connectivity index (χ0v) is 12.3. The Morgan fingerprint density at radius 1 is 1.28 bits per heavy atom. The predicted molar refractivity (Wildman–Crippen MR) is 78.6 cm³/mol. The summed E-state index contributed by atoms with van der Waals surface area (Å²) in [5.41, 5.74) is 0.770. The summed E-state index contributed by atoms with van der Waals surface area (Å²) in [7, 11) is 2.10. The van der Waals surface area contributed by atoms with Crippen LogP contribution in [0.25, 0.3) is 0 Å². The Kier molecular flexibility index (Phi) is 5.13. The lowest BCUT2D eigenvalue weighted by Crippen LogP contribution is -2.27. The van der Waals surface area contributed by atoms with Crippen LogP contribution in [0.5, 0.6) is 0 Å². The Labute approximate surface area is 119 Å². The highest BCUT2D eigenvalue weighted by atomic mass is 35.5. The molecule has 1 heterocycles. The maximum atomic E-state index is 6.03. The standard InChI is InChI=1S/C14H20Cl2N2/c1-18(10-11-5-3-2-4-6-11)14-8-7-12(16)13(9-15)17-14/h7-8,11H,2-6,9-10H2,1H3. The molecule has 0 aromatic carbocycles. The Balaban J connectivity index is 2.01. The highest BCUT2D eigenvalue weighted by Crippen LogP contribution is 2.26. The van der Waals surface area contributed by atoms with Gasteiger partial charge in [0.1, 0.15) is 5.82 Å². The van der Waals surface area contributed by atoms with E-state index >= 15 is 0 Å². The van der Waals surface area contributed by atoms with Crippen LogP contribution in [-0.4, -0.2) is 18.6 Å². The van der Waals surface area contributed by atoms with E-state index in [4.69, 9.17) is 23.2 Å². The first kappa shape index (κ1) is 14.0. The van der Waals surface area contributed by atoms with Gasteiger partial charge in [0.15, 0.2) is 0 Å². The van der Waals surface area contributed by atoms with Gasteiger partial charge in [0.2, 0.25) is 0 Å². The lowest BCUT2D eigenvalue weighted by molar-refractivity contribution is 0.361. The maximum absolute atomic E-state index is 6.03. The van der Waals surface area contributed by atoms with Gasteiger partial charge in [-0.15, -0.1) is 11.6 Å². The molecule has 0 unspecified atom stereocenters. The van der Waals surface area contributed by atoms with Crippen molar-refractivity contribution in [2.24, 2.45) is 5.92 Å². The SMILES string of the molecule is CN(CC1CCCCC1)c1ccc(Cl)c(CCl)n1. The molecule has 0 amide bonds. The first-order valence-electron chi connectivity index (χ1n) is 6.63. The number of rotatable bonds is 4. The summed E-state index contributed by atoms with van der Waals surface area (Å²) in [5, 5.41) is 0.653. The molecule has 0 saturated heterocycles. The van der Waals surface area contributed by atoms with Gasteiger partial charge in [-0.05, 0) is 30.9 Å². The molecule has 0 aliphatic heterocycles. The Hall–Kier alpha value is -0.470. The lowest BCUT2D eigenvalue weighted by atomic mass is 9.89. The molecule has 1 aromatic heterocycles. The third kappa shape index (κ3) is 3.52. The van der Waals surface area contributed by atoms with E-state index in [-0.39, 0.29) is 0 Å². The summed E-state index contributed by atoms with van der Waals surface area (Å²) < 4.78 is 0. The van der Waals surface area contributed by atoms with E-state index in [0.29, 0.717) is 10.9 Å². The van der Waals surface area contributed by atoms with Crippen LogP contribution in [0, 0.1) is 5.92 Å². The van der Waals surface area contributed by atoms with E-state index in [2.05, 4.69) is 16.9 Å². The molecule has 0 spiro atoms. The highest BCUT2D eigenvalue weighted by molar-refractivity contribution is 6.32. The minimum absolute atomic E-state index is 0.365. The molecule has 0 bridgehead atoms. The van der Waals surface area contributed by atoms with Crippen molar-refractivity contribution in [3.8, 4) is 0 Å². The van der Waals surface area contributed by atoms with Crippen molar-refractivity contribution >= 4 is 29.0 Å². The smallest absolute Gasteiger partial charge is 0.128 e. The van der Waals surface area contributed by atoms with Crippen LogP contribution >= 0.6 is 23.2 Å².